The van der Waals surface area contributed by atoms with Gasteiger partial charge in [-0.3, -0.25) is 0 Å². The zero-order chi connectivity index (χ0) is 14.8. The fourth-order valence-electron chi connectivity index (χ4n) is 5.20. The molecule has 118 valence electrons. The summed E-state index contributed by atoms with van der Waals surface area (Å²) in [5.74, 6) is 4.07. The molecule has 0 amide bonds. The first kappa shape index (κ1) is 16.3. The SMILES string of the molecule is CCNC(CC(C)CC(C)(C)C)CC1CC2CCC1C2. The van der Waals surface area contributed by atoms with Crippen LogP contribution in [0.5, 0.6) is 0 Å². The zero-order valence-electron chi connectivity index (χ0n) is 14.5. The maximum absolute atomic E-state index is 3.79. The lowest BCUT2D eigenvalue weighted by Crippen LogP contribution is -2.34. The van der Waals surface area contributed by atoms with Crippen molar-refractivity contribution in [1.29, 1.82) is 0 Å². The summed E-state index contributed by atoms with van der Waals surface area (Å²) in [5, 5.41) is 3.79. The van der Waals surface area contributed by atoms with Crippen LogP contribution in [-0.2, 0) is 0 Å². The van der Waals surface area contributed by atoms with Crippen LogP contribution in [0, 0.1) is 29.1 Å². The molecular weight excluding hydrogens is 242 g/mol. The molecule has 0 radical (unpaired) electrons. The summed E-state index contributed by atoms with van der Waals surface area (Å²) >= 11 is 0. The van der Waals surface area contributed by atoms with Gasteiger partial charge in [0.2, 0.25) is 0 Å². The molecule has 0 aromatic rings. The monoisotopic (exact) mass is 279 g/mol. The molecule has 2 aliphatic rings. The molecule has 20 heavy (non-hydrogen) atoms. The van der Waals surface area contributed by atoms with Gasteiger partial charge in [-0.1, -0.05) is 41.0 Å². The van der Waals surface area contributed by atoms with Gasteiger partial charge >= 0.3 is 0 Å². The molecular formula is C19H37N. The number of hydrogen-bond acceptors (Lipinski definition) is 1. The van der Waals surface area contributed by atoms with Crippen molar-refractivity contribution in [2.45, 2.75) is 85.6 Å². The lowest BCUT2D eigenvalue weighted by molar-refractivity contribution is 0.234. The van der Waals surface area contributed by atoms with Crippen molar-refractivity contribution in [2.75, 3.05) is 6.54 Å². The Kier molecular flexibility index (Phi) is 5.56. The molecule has 2 saturated carbocycles. The van der Waals surface area contributed by atoms with E-state index in [0.717, 1.165) is 36.3 Å². The molecule has 0 aliphatic heterocycles. The predicted molar refractivity (Wildman–Crippen MR) is 88.9 cm³/mol. The third-order valence-electron chi connectivity index (χ3n) is 5.61. The van der Waals surface area contributed by atoms with Crippen molar-refractivity contribution in [3.8, 4) is 0 Å². The van der Waals surface area contributed by atoms with E-state index < -0.39 is 0 Å². The molecule has 5 atom stereocenters. The smallest absolute Gasteiger partial charge is 0.00722 e. The number of fused-ring (bicyclic) bond motifs is 2. The van der Waals surface area contributed by atoms with E-state index in [1.807, 2.05) is 0 Å². The number of rotatable bonds is 7. The van der Waals surface area contributed by atoms with E-state index in [0.29, 0.717) is 5.41 Å². The fourth-order valence-corrected chi connectivity index (χ4v) is 5.20. The Hall–Kier alpha value is -0.0400. The molecule has 2 fully saturated rings. The standard InChI is InChI=1S/C19H37N/c1-6-20-18(9-14(2)13-19(3,4)5)12-17-11-15-7-8-16(17)10-15/h14-18,20H,6-13H2,1-5H3. The third-order valence-corrected chi connectivity index (χ3v) is 5.61. The molecule has 0 aromatic heterocycles. The molecule has 0 aromatic carbocycles. The third kappa shape index (κ3) is 4.76. The van der Waals surface area contributed by atoms with Gasteiger partial charge in [0, 0.05) is 6.04 Å². The van der Waals surface area contributed by atoms with Crippen molar-refractivity contribution >= 4 is 0 Å². The van der Waals surface area contributed by atoms with Crippen LogP contribution in [0.2, 0.25) is 0 Å². The summed E-state index contributed by atoms with van der Waals surface area (Å²) < 4.78 is 0. The van der Waals surface area contributed by atoms with Gasteiger partial charge in [0.25, 0.3) is 0 Å². The highest BCUT2D eigenvalue weighted by Gasteiger charge is 2.40. The minimum atomic E-state index is 0.475. The van der Waals surface area contributed by atoms with Crippen molar-refractivity contribution in [1.82, 2.24) is 5.32 Å². The Labute approximate surface area is 127 Å². The topological polar surface area (TPSA) is 12.0 Å². The molecule has 1 nitrogen and oxygen atoms in total. The molecule has 2 bridgehead atoms. The fraction of sp³-hybridized carbons (Fsp3) is 1.00. The second-order valence-corrected chi connectivity index (χ2v) is 9.03. The highest BCUT2D eigenvalue weighted by atomic mass is 14.9. The largest absolute Gasteiger partial charge is 0.314 e. The first-order valence-electron chi connectivity index (χ1n) is 9.10. The second kappa shape index (κ2) is 6.81. The Morgan fingerprint density at radius 2 is 1.90 bits per heavy atom. The Balaban J connectivity index is 1.80. The van der Waals surface area contributed by atoms with E-state index in [9.17, 15) is 0 Å². The van der Waals surface area contributed by atoms with Gasteiger partial charge in [-0.05, 0) is 74.2 Å². The average Bonchev–Trinajstić information content (AvgIpc) is 2.88. The van der Waals surface area contributed by atoms with E-state index in [2.05, 4.69) is 39.9 Å². The molecule has 2 rings (SSSR count). The van der Waals surface area contributed by atoms with Gasteiger partial charge in [0.1, 0.15) is 0 Å². The Morgan fingerprint density at radius 3 is 2.40 bits per heavy atom. The van der Waals surface area contributed by atoms with Crippen molar-refractivity contribution in [3.05, 3.63) is 0 Å². The summed E-state index contributed by atoms with van der Waals surface area (Å²) in [5.41, 5.74) is 0.475. The molecule has 1 N–H and O–H groups in total. The first-order valence-corrected chi connectivity index (χ1v) is 9.10. The summed E-state index contributed by atoms with van der Waals surface area (Å²) in [7, 11) is 0. The van der Waals surface area contributed by atoms with Gasteiger partial charge in [-0.15, -0.1) is 0 Å². The van der Waals surface area contributed by atoms with Crippen LogP contribution in [0.15, 0.2) is 0 Å². The van der Waals surface area contributed by atoms with Crippen molar-refractivity contribution in [3.63, 3.8) is 0 Å². The summed E-state index contributed by atoms with van der Waals surface area (Å²) in [6.45, 7) is 13.0. The van der Waals surface area contributed by atoms with E-state index in [4.69, 9.17) is 0 Å². The van der Waals surface area contributed by atoms with Crippen LogP contribution in [0.25, 0.3) is 0 Å². The van der Waals surface area contributed by atoms with Gasteiger partial charge in [-0.25, -0.2) is 0 Å². The van der Waals surface area contributed by atoms with Crippen LogP contribution < -0.4 is 5.32 Å². The van der Waals surface area contributed by atoms with Crippen LogP contribution in [0.4, 0.5) is 0 Å². The molecule has 0 saturated heterocycles. The molecule has 0 spiro atoms. The minimum absolute atomic E-state index is 0.475. The number of hydrogen-bond donors (Lipinski definition) is 1. The lowest BCUT2D eigenvalue weighted by atomic mass is 9.79. The van der Waals surface area contributed by atoms with Crippen molar-refractivity contribution < 1.29 is 0 Å². The maximum Gasteiger partial charge on any atom is 0.00722 e. The highest BCUT2D eigenvalue weighted by Crippen LogP contribution is 2.50. The Bertz CT molecular complexity index is 291. The second-order valence-electron chi connectivity index (χ2n) is 9.03. The molecule has 2 aliphatic carbocycles. The van der Waals surface area contributed by atoms with Crippen molar-refractivity contribution in [2.24, 2.45) is 29.1 Å². The number of nitrogens with one attached hydrogen (secondary N) is 1. The highest BCUT2D eigenvalue weighted by molar-refractivity contribution is 4.92. The maximum atomic E-state index is 3.79. The quantitative estimate of drug-likeness (QED) is 0.671. The van der Waals surface area contributed by atoms with E-state index >= 15 is 0 Å². The van der Waals surface area contributed by atoms with Gasteiger partial charge in [0.05, 0.1) is 0 Å². The van der Waals surface area contributed by atoms with Gasteiger partial charge in [0.15, 0.2) is 0 Å². The molecule has 0 heterocycles. The normalized spacial score (nSPS) is 32.5. The van der Waals surface area contributed by atoms with Crippen LogP contribution in [0.1, 0.15) is 79.6 Å². The lowest BCUT2D eigenvalue weighted by Gasteiger charge is -2.31. The van der Waals surface area contributed by atoms with Gasteiger partial charge in [-0.2, -0.15) is 0 Å². The summed E-state index contributed by atoms with van der Waals surface area (Å²) in [6.07, 6.45) is 10.3. The van der Waals surface area contributed by atoms with E-state index in [-0.39, 0.29) is 0 Å². The van der Waals surface area contributed by atoms with Gasteiger partial charge < -0.3 is 5.32 Å². The minimum Gasteiger partial charge on any atom is -0.314 e. The molecule has 5 unspecified atom stereocenters. The predicted octanol–water partition coefficient (Wildman–Crippen LogP) is 5.25. The zero-order valence-corrected chi connectivity index (χ0v) is 14.5. The average molecular weight is 280 g/mol. The summed E-state index contributed by atoms with van der Waals surface area (Å²) in [6, 6.07) is 0.765. The van der Waals surface area contributed by atoms with E-state index in [1.54, 1.807) is 12.8 Å². The summed E-state index contributed by atoms with van der Waals surface area (Å²) in [4.78, 5) is 0. The van der Waals surface area contributed by atoms with E-state index in [1.165, 1.54) is 32.1 Å². The van der Waals surface area contributed by atoms with Crippen LogP contribution in [0.3, 0.4) is 0 Å². The Morgan fingerprint density at radius 1 is 1.15 bits per heavy atom. The first-order chi connectivity index (χ1) is 9.37. The molecule has 1 heteroatoms. The van der Waals surface area contributed by atoms with Crippen LogP contribution >= 0.6 is 0 Å². The van der Waals surface area contributed by atoms with Crippen LogP contribution in [-0.4, -0.2) is 12.6 Å².